The molecule has 1 atom stereocenters. The van der Waals surface area contributed by atoms with E-state index in [9.17, 15) is 13.5 Å². The molecule has 134 valence electrons. The van der Waals surface area contributed by atoms with Crippen molar-refractivity contribution in [2.24, 2.45) is 0 Å². The number of aryl methyl sites for hydroxylation is 3. The van der Waals surface area contributed by atoms with Gasteiger partial charge < -0.3 is 9.84 Å². The topological polar surface area (TPSA) is 66.8 Å². The van der Waals surface area contributed by atoms with Gasteiger partial charge in [-0.1, -0.05) is 17.7 Å². The molecule has 3 rings (SSSR count). The Morgan fingerprint density at radius 3 is 2.36 bits per heavy atom. The van der Waals surface area contributed by atoms with E-state index < -0.39 is 16.1 Å². The molecule has 0 aromatic heterocycles. The third-order valence-corrected chi connectivity index (χ3v) is 6.75. The van der Waals surface area contributed by atoms with Crippen LogP contribution in [0.4, 0.5) is 5.69 Å². The van der Waals surface area contributed by atoms with Crippen LogP contribution in [0.2, 0.25) is 0 Å². The zero-order valence-corrected chi connectivity index (χ0v) is 15.7. The van der Waals surface area contributed by atoms with Crippen LogP contribution in [0.5, 0.6) is 5.75 Å². The highest BCUT2D eigenvalue weighted by Gasteiger charge is 2.34. The standard InChI is InChI=1S/C19H23NO4S/c1-12-5-6-17-16(9-12)18(21)7-8-20(17)25(22,23)19-13(2)10-15(24-4)11-14(19)3/h5-6,9-11,18,21H,7-8H2,1-4H3. The summed E-state index contributed by atoms with van der Waals surface area (Å²) in [5, 5.41) is 10.3. The Bertz CT molecular complexity index is 898. The molecule has 0 saturated carbocycles. The molecule has 1 aliphatic rings. The van der Waals surface area contributed by atoms with Gasteiger partial charge >= 0.3 is 0 Å². The molecule has 1 heterocycles. The zero-order chi connectivity index (χ0) is 18.4. The Morgan fingerprint density at radius 1 is 1.12 bits per heavy atom. The highest BCUT2D eigenvalue weighted by molar-refractivity contribution is 7.93. The van der Waals surface area contributed by atoms with Gasteiger partial charge in [0, 0.05) is 12.1 Å². The number of fused-ring (bicyclic) bond motifs is 1. The average molecular weight is 361 g/mol. The van der Waals surface area contributed by atoms with Gasteiger partial charge in [0.15, 0.2) is 0 Å². The molecule has 1 aliphatic heterocycles. The number of nitrogens with zero attached hydrogens (tertiary/aromatic N) is 1. The van der Waals surface area contributed by atoms with E-state index >= 15 is 0 Å². The van der Waals surface area contributed by atoms with Crippen LogP contribution in [0.3, 0.4) is 0 Å². The number of ether oxygens (including phenoxy) is 1. The molecule has 5 nitrogen and oxygen atoms in total. The lowest BCUT2D eigenvalue weighted by atomic mass is 9.99. The maximum Gasteiger partial charge on any atom is 0.264 e. The van der Waals surface area contributed by atoms with Gasteiger partial charge in [-0.15, -0.1) is 0 Å². The zero-order valence-electron chi connectivity index (χ0n) is 14.9. The number of aliphatic hydroxyl groups excluding tert-OH is 1. The second-order valence-electron chi connectivity index (χ2n) is 6.53. The van der Waals surface area contributed by atoms with Gasteiger partial charge in [-0.3, -0.25) is 4.31 Å². The lowest BCUT2D eigenvalue weighted by molar-refractivity contribution is 0.166. The SMILES string of the molecule is COc1cc(C)c(S(=O)(=O)N2CCC(O)c3cc(C)ccc32)c(C)c1. The summed E-state index contributed by atoms with van der Waals surface area (Å²) < 4.78 is 33.4. The van der Waals surface area contributed by atoms with Crippen molar-refractivity contribution in [3.8, 4) is 5.75 Å². The summed E-state index contributed by atoms with van der Waals surface area (Å²) in [4.78, 5) is 0.302. The first-order valence-corrected chi connectivity index (χ1v) is 9.66. The Balaban J connectivity index is 2.16. The predicted octanol–water partition coefficient (Wildman–Crippen LogP) is 3.25. The third kappa shape index (κ3) is 3.00. The monoisotopic (exact) mass is 361 g/mol. The summed E-state index contributed by atoms with van der Waals surface area (Å²) in [6.45, 7) is 5.73. The number of benzene rings is 2. The van der Waals surface area contributed by atoms with Crippen molar-refractivity contribution in [3.05, 3.63) is 52.6 Å². The molecule has 0 spiro atoms. The molecule has 2 aromatic carbocycles. The molecule has 0 bridgehead atoms. The largest absolute Gasteiger partial charge is 0.497 e. The summed E-state index contributed by atoms with van der Waals surface area (Å²) in [5.41, 5.74) is 3.51. The minimum Gasteiger partial charge on any atom is -0.497 e. The van der Waals surface area contributed by atoms with Crippen molar-refractivity contribution in [3.63, 3.8) is 0 Å². The second-order valence-corrected chi connectivity index (χ2v) is 8.33. The lowest BCUT2D eigenvalue weighted by Gasteiger charge is -2.34. The van der Waals surface area contributed by atoms with Crippen molar-refractivity contribution in [1.82, 2.24) is 0 Å². The van der Waals surface area contributed by atoms with Gasteiger partial charge in [0.1, 0.15) is 5.75 Å². The summed E-state index contributed by atoms with van der Waals surface area (Å²) in [6, 6.07) is 8.96. The van der Waals surface area contributed by atoms with Crippen LogP contribution >= 0.6 is 0 Å². The fourth-order valence-electron chi connectivity index (χ4n) is 3.48. The van der Waals surface area contributed by atoms with Crippen LogP contribution in [0.1, 0.15) is 34.8 Å². The van der Waals surface area contributed by atoms with E-state index in [-0.39, 0.29) is 6.54 Å². The normalized spacial score (nSPS) is 17.3. The average Bonchev–Trinajstić information content (AvgIpc) is 2.54. The fraction of sp³-hybridized carbons (Fsp3) is 0.368. The summed E-state index contributed by atoms with van der Waals surface area (Å²) >= 11 is 0. The summed E-state index contributed by atoms with van der Waals surface area (Å²) in [7, 11) is -2.17. The molecular formula is C19H23NO4S. The van der Waals surface area contributed by atoms with E-state index in [2.05, 4.69) is 0 Å². The molecule has 0 saturated heterocycles. The highest BCUT2D eigenvalue weighted by atomic mass is 32.2. The summed E-state index contributed by atoms with van der Waals surface area (Å²) in [6.07, 6.45) is -0.261. The van der Waals surface area contributed by atoms with Gasteiger partial charge in [-0.05, 0) is 56.5 Å². The molecule has 25 heavy (non-hydrogen) atoms. The van der Waals surface area contributed by atoms with Crippen LogP contribution in [0.25, 0.3) is 0 Å². The Hall–Kier alpha value is -2.05. The first-order chi connectivity index (χ1) is 11.8. The number of methoxy groups -OCH3 is 1. The maximum atomic E-state index is 13.4. The van der Waals surface area contributed by atoms with Crippen LogP contribution < -0.4 is 9.04 Å². The molecule has 2 aromatic rings. The number of aliphatic hydroxyl groups is 1. The number of anilines is 1. The number of rotatable bonds is 3. The van der Waals surface area contributed by atoms with E-state index in [0.29, 0.717) is 39.4 Å². The molecular weight excluding hydrogens is 338 g/mol. The smallest absolute Gasteiger partial charge is 0.264 e. The van der Waals surface area contributed by atoms with E-state index in [1.165, 1.54) is 4.31 Å². The van der Waals surface area contributed by atoms with E-state index in [1.807, 2.05) is 19.1 Å². The third-order valence-electron chi connectivity index (χ3n) is 4.63. The van der Waals surface area contributed by atoms with Gasteiger partial charge in [0.05, 0.1) is 23.8 Å². The van der Waals surface area contributed by atoms with Crippen molar-refractivity contribution in [2.75, 3.05) is 18.0 Å². The van der Waals surface area contributed by atoms with Crippen LogP contribution in [-0.4, -0.2) is 27.2 Å². The van der Waals surface area contributed by atoms with Crippen LogP contribution in [-0.2, 0) is 10.0 Å². The number of hydrogen-bond donors (Lipinski definition) is 1. The van der Waals surface area contributed by atoms with Gasteiger partial charge in [0.25, 0.3) is 10.0 Å². The van der Waals surface area contributed by atoms with Crippen LogP contribution in [0, 0.1) is 20.8 Å². The molecule has 0 amide bonds. The molecule has 0 radical (unpaired) electrons. The minimum absolute atomic E-state index is 0.254. The molecule has 0 aliphatic carbocycles. The number of hydrogen-bond acceptors (Lipinski definition) is 4. The first kappa shape index (κ1) is 17.8. The van der Waals surface area contributed by atoms with Gasteiger partial charge in [-0.25, -0.2) is 8.42 Å². The maximum absolute atomic E-state index is 13.4. The van der Waals surface area contributed by atoms with E-state index in [0.717, 1.165) is 5.56 Å². The van der Waals surface area contributed by atoms with Crippen molar-refractivity contribution in [2.45, 2.75) is 38.2 Å². The Morgan fingerprint density at radius 2 is 1.76 bits per heavy atom. The quantitative estimate of drug-likeness (QED) is 0.911. The van der Waals surface area contributed by atoms with Crippen molar-refractivity contribution >= 4 is 15.7 Å². The van der Waals surface area contributed by atoms with Gasteiger partial charge in [0.2, 0.25) is 0 Å². The molecule has 0 fully saturated rings. The van der Waals surface area contributed by atoms with Gasteiger partial charge in [-0.2, -0.15) is 0 Å². The Labute approximate surface area is 148 Å². The minimum atomic E-state index is -3.73. The van der Waals surface area contributed by atoms with E-state index in [4.69, 9.17) is 4.74 Å². The van der Waals surface area contributed by atoms with Crippen molar-refractivity contribution in [1.29, 1.82) is 0 Å². The second kappa shape index (κ2) is 6.35. The lowest BCUT2D eigenvalue weighted by Crippen LogP contribution is -2.37. The Kier molecular flexibility index (Phi) is 4.51. The molecule has 6 heteroatoms. The predicted molar refractivity (Wildman–Crippen MR) is 97.8 cm³/mol. The number of sulfonamides is 1. The first-order valence-electron chi connectivity index (χ1n) is 8.22. The van der Waals surface area contributed by atoms with Crippen molar-refractivity contribution < 1.29 is 18.3 Å². The highest BCUT2D eigenvalue weighted by Crippen LogP contribution is 2.39. The molecule has 1 unspecified atom stereocenters. The van der Waals surface area contributed by atoms with Crippen LogP contribution in [0.15, 0.2) is 35.2 Å². The molecule has 1 N–H and O–H groups in total. The fourth-order valence-corrected chi connectivity index (χ4v) is 5.40. The van der Waals surface area contributed by atoms with E-state index in [1.54, 1.807) is 39.2 Å². The summed E-state index contributed by atoms with van der Waals surface area (Å²) in [5.74, 6) is 0.638.